The van der Waals surface area contributed by atoms with Crippen LogP contribution < -0.4 is 19.7 Å². The van der Waals surface area contributed by atoms with Crippen LogP contribution in [-0.4, -0.2) is 49.0 Å². The van der Waals surface area contributed by atoms with Crippen LogP contribution in [0.3, 0.4) is 0 Å². The lowest BCUT2D eigenvalue weighted by molar-refractivity contribution is 0.208. The Morgan fingerprint density at radius 3 is 2.69 bits per heavy atom. The fourth-order valence-electron chi connectivity index (χ4n) is 3.56. The highest BCUT2D eigenvalue weighted by atomic mass is 35.5. The number of ether oxygens (including phenoxy) is 2. The van der Waals surface area contributed by atoms with Crippen LogP contribution in [-0.2, 0) is 6.42 Å². The molecule has 1 aliphatic rings. The predicted octanol–water partition coefficient (Wildman–Crippen LogP) is 4.05. The van der Waals surface area contributed by atoms with Crippen LogP contribution in [0.5, 0.6) is 11.5 Å². The van der Waals surface area contributed by atoms with Crippen molar-refractivity contribution in [3.05, 3.63) is 29.0 Å². The van der Waals surface area contributed by atoms with E-state index in [1.165, 1.54) is 0 Å². The molecule has 0 saturated carbocycles. The summed E-state index contributed by atoms with van der Waals surface area (Å²) in [4.78, 5) is 11.7. The number of hydrogen-bond acceptors (Lipinski definition) is 7. The SMILES string of the molecule is CCCc1nc(Nc2cc(OC)c(Cl)cc2OC)cc(N2CCCC(CO)C2)n1. The maximum atomic E-state index is 9.57. The van der Waals surface area contributed by atoms with Gasteiger partial charge in [-0.05, 0) is 25.2 Å². The van der Waals surface area contributed by atoms with Gasteiger partial charge in [0.2, 0.25) is 0 Å². The highest BCUT2D eigenvalue weighted by Gasteiger charge is 2.21. The van der Waals surface area contributed by atoms with E-state index < -0.39 is 0 Å². The Bertz CT molecular complexity index is 834. The molecule has 2 aromatic rings. The zero-order valence-electron chi connectivity index (χ0n) is 17.2. The van der Waals surface area contributed by atoms with Crippen molar-refractivity contribution in [2.24, 2.45) is 5.92 Å². The fraction of sp³-hybridized carbons (Fsp3) is 0.524. The number of nitrogens with one attached hydrogen (secondary N) is 1. The first-order valence-corrected chi connectivity index (χ1v) is 10.4. The number of aromatic nitrogens is 2. The Balaban J connectivity index is 1.94. The highest BCUT2D eigenvalue weighted by Crippen LogP contribution is 2.37. The number of aliphatic hydroxyl groups is 1. The minimum Gasteiger partial charge on any atom is -0.495 e. The lowest BCUT2D eigenvalue weighted by atomic mass is 9.99. The molecule has 0 spiro atoms. The molecule has 2 N–H and O–H groups in total. The first-order valence-electron chi connectivity index (χ1n) is 10.00. The minimum atomic E-state index is 0.205. The number of methoxy groups -OCH3 is 2. The molecule has 1 saturated heterocycles. The molecule has 29 heavy (non-hydrogen) atoms. The molecule has 3 rings (SSSR count). The normalized spacial score (nSPS) is 16.6. The van der Waals surface area contributed by atoms with E-state index in [4.69, 9.17) is 26.1 Å². The zero-order valence-corrected chi connectivity index (χ0v) is 18.0. The van der Waals surface area contributed by atoms with Gasteiger partial charge in [-0.25, -0.2) is 9.97 Å². The standard InChI is InChI=1S/C21H29ClN4O3/c1-4-6-19-24-20(11-21(25-19)26-8-5-7-14(12-26)13-27)23-16-10-17(28-2)15(22)9-18(16)29-3/h9-11,14,27H,4-8,12-13H2,1-3H3,(H,23,24,25). The summed E-state index contributed by atoms with van der Waals surface area (Å²) in [6.45, 7) is 4.04. The molecule has 0 amide bonds. The number of nitrogens with zero attached hydrogens (tertiary/aromatic N) is 3. The van der Waals surface area contributed by atoms with E-state index in [0.29, 0.717) is 28.0 Å². The zero-order chi connectivity index (χ0) is 20.8. The second kappa shape index (κ2) is 9.98. The van der Waals surface area contributed by atoms with Crippen LogP contribution in [0.15, 0.2) is 18.2 Å². The monoisotopic (exact) mass is 420 g/mol. The molecule has 1 atom stereocenters. The van der Waals surface area contributed by atoms with Gasteiger partial charge in [-0.3, -0.25) is 0 Å². The number of rotatable bonds is 8. The molecule has 158 valence electrons. The third-order valence-corrected chi connectivity index (χ3v) is 5.37. The number of anilines is 3. The van der Waals surface area contributed by atoms with Gasteiger partial charge in [0.15, 0.2) is 0 Å². The molecule has 1 fully saturated rings. The van der Waals surface area contributed by atoms with E-state index in [9.17, 15) is 5.11 Å². The number of halogens is 1. The van der Waals surface area contributed by atoms with Crippen molar-refractivity contribution in [3.8, 4) is 11.5 Å². The van der Waals surface area contributed by atoms with Gasteiger partial charge >= 0.3 is 0 Å². The number of benzene rings is 1. The van der Waals surface area contributed by atoms with Crippen molar-refractivity contribution in [1.29, 1.82) is 0 Å². The summed E-state index contributed by atoms with van der Waals surface area (Å²) in [6.07, 6.45) is 3.84. The summed E-state index contributed by atoms with van der Waals surface area (Å²) in [5.41, 5.74) is 0.715. The molecular weight excluding hydrogens is 392 g/mol. The molecule has 1 aliphatic heterocycles. The van der Waals surface area contributed by atoms with E-state index in [1.807, 2.05) is 6.07 Å². The summed E-state index contributed by atoms with van der Waals surface area (Å²) >= 11 is 6.22. The molecule has 1 aromatic carbocycles. The van der Waals surface area contributed by atoms with Crippen LogP contribution >= 0.6 is 11.6 Å². The fourth-order valence-corrected chi connectivity index (χ4v) is 3.79. The van der Waals surface area contributed by atoms with Crippen LogP contribution in [0.1, 0.15) is 32.0 Å². The van der Waals surface area contributed by atoms with Gasteiger partial charge in [-0.15, -0.1) is 0 Å². The average Bonchev–Trinajstić information content (AvgIpc) is 2.74. The van der Waals surface area contributed by atoms with E-state index >= 15 is 0 Å². The lowest BCUT2D eigenvalue weighted by Gasteiger charge is -2.33. The molecule has 8 heteroatoms. The molecule has 1 aromatic heterocycles. The number of piperidine rings is 1. The van der Waals surface area contributed by atoms with E-state index in [-0.39, 0.29) is 12.5 Å². The van der Waals surface area contributed by atoms with Crippen molar-refractivity contribution < 1.29 is 14.6 Å². The third kappa shape index (κ3) is 5.22. The highest BCUT2D eigenvalue weighted by molar-refractivity contribution is 6.32. The Kier molecular flexibility index (Phi) is 7.39. The molecule has 1 unspecified atom stereocenters. The Labute approximate surface area is 177 Å². The van der Waals surface area contributed by atoms with Crippen molar-refractivity contribution in [2.75, 3.05) is 44.1 Å². The van der Waals surface area contributed by atoms with Crippen molar-refractivity contribution in [1.82, 2.24) is 9.97 Å². The Hall–Kier alpha value is -2.25. The number of aryl methyl sites for hydroxylation is 1. The van der Waals surface area contributed by atoms with Gasteiger partial charge in [0.05, 0.1) is 24.9 Å². The van der Waals surface area contributed by atoms with E-state index in [2.05, 4.69) is 22.1 Å². The summed E-state index contributed by atoms with van der Waals surface area (Å²) in [5.74, 6) is 3.80. The maximum Gasteiger partial charge on any atom is 0.144 e. The molecular formula is C21H29ClN4O3. The molecule has 0 radical (unpaired) electrons. The minimum absolute atomic E-state index is 0.205. The Morgan fingerprint density at radius 1 is 1.21 bits per heavy atom. The Morgan fingerprint density at radius 2 is 2.00 bits per heavy atom. The predicted molar refractivity (Wildman–Crippen MR) is 116 cm³/mol. The van der Waals surface area contributed by atoms with Crippen LogP contribution in [0.4, 0.5) is 17.3 Å². The molecule has 2 heterocycles. The number of hydrogen-bond donors (Lipinski definition) is 2. The molecule has 0 aliphatic carbocycles. The molecule has 0 bridgehead atoms. The summed E-state index contributed by atoms with van der Waals surface area (Å²) in [6, 6.07) is 5.46. The largest absolute Gasteiger partial charge is 0.495 e. The van der Waals surface area contributed by atoms with Crippen LogP contribution in [0, 0.1) is 5.92 Å². The second-order valence-electron chi connectivity index (χ2n) is 7.23. The first-order chi connectivity index (χ1) is 14.1. The molecule has 7 nitrogen and oxygen atoms in total. The van der Waals surface area contributed by atoms with Crippen molar-refractivity contribution in [3.63, 3.8) is 0 Å². The van der Waals surface area contributed by atoms with Gasteiger partial charge in [0.25, 0.3) is 0 Å². The summed E-state index contributed by atoms with van der Waals surface area (Å²) in [7, 11) is 3.17. The maximum absolute atomic E-state index is 9.57. The van der Waals surface area contributed by atoms with Crippen LogP contribution in [0.2, 0.25) is 5.02 Å². The second-order valence-corrected chi connectivity index (χ2v) is 7.63. The first kappa shape index (κ1) is 21.5. The van der Waals surface area contributed by atoms with Crippen molar-refractivity contribution >= 4 is 28.9 Å². The topological polar surface area (TPSA) is 79.7 Å². The van der Waals surface area contributed by atoms with Gasteiger partial charge < -0.3 is 24.8 Å². The van der Waals surface area contributed by atoms with E-state index in [1.54, 1.807) is 26.4 Å². The quantitative estimate of drug-likeness (QED) is 0.666. The summed E-state index contributed by atoms with van der Waals surface area (Å²) in [5, 5.41) is 13.4. The van der Waals surface area contributed by atoms with E-state index in [0.717, 1.165) is 50.4 Å². The summed E-state index contributed by atoms with van der Waals surface area (Å²) < 4.78 is 10.8. The number of aliphatic hydroxyl groups excluding tert-OH is 1. The third-order valence-electron chi connectivity index (χ3n) is 5.07. The van der Waals surface area contributed by atoms with Gasteiger partial charge in [0, 0.05) is 44.3 Å². The van der Waals surface area contributed by atoms with Gasteiger partial charge in [0.1, 0.15) is 29.0 Å². The average molecular weight is 421 g/mol. The van der Waals surface area contributed by atoms with Gasteiger partial charge in [-0.1, -0.05) is 18.5 Å². The van der Waals surface area contributed by atoms with Gasteiger partial charge in [-0.2, -0.15) is 0 Å². The van der Waals surface area contributed by atoms with Crippen molar-refractivity contribution in [2.45, 2.75) is 32.6 Å². The lowest BCUT2D eigenvalue weighted by Crippen LogP contribution is -2.37. The smallest absolute Gasteiger partial charge is 0.144 e. The van der Waals surface area contributed by atoms with Crippen LogP contribution in [0.25, 0.3) is 0 Å².